The Labute approximate surface area is 127 Å². The largest absolute Gasteiger partial charge is 0.462 e. The van der Waals surface area contributed by atoms with E-state index in [-0.39, 0.29) is 12.5 Å². The minimum atomic E-state index is -0.474. The minimum absolute atomic E-state index is 0.0209. The number of carbonyl (C=O) groups excluding carboxylic acids is 1. The van der Waals surface area contributed by atoms with E-state index < -0.39 is 5.54 Å². The third-order valence-electron chi connectivity index (χ3n) is 3.99. The van der Waals surface area contributed by atoms with Crippen LogP contribution in [-0.2, 0) is 0 Å². The van der Waals surface area contributed by atoms with Crippen LogP contribution in [0, 0.1) is 6.92 Å². The van der Waals surface area contributed by atoms with E-state index >= 15 is 0 Å². The number of aryl methyl sites for hydroxylation is 1. The molecule has 0 aromatic carbocycles. The Morgan fingerprint density at radius 1 is 1.52 bits per heavy atom. The van der Waals surface area contributed by atoms with Crippen molar-refractivity contribution in [2.45, 2.75) is 38.1 Å². The molecule has 0 bridgehead atoms. The van der Waals surface area contributed by atoms with Crippen molar-refractivity contribution in [3.05, 3.63) is 29.0 Å². The monoisotopic (exact) mass is 306 g/mol. The molecule has 1 aliphatic rings. The number of rotatable bonds is 4. The van der Waals surface area contributed by atoms with Gasteiger partial charge in [-0.15, -0.1) is 11.3 Å². The Kier molecular flexibility index (Phi) is 3.82. The molecule has 1 amide bonds. The number of hydrogen-bond donors (Lipinski definition) is 2. The number of aromatic nitrogens is 1. The molecule has 2 aromatic heterocycles. The number of amides is 1. The second-order valence-electron chi connectivity index (χ2n) is 5.50. The summed E-state index contributed by atoms with van der Waals surface area (Å²) >= 11 is 1.44. The fourth-order valence-electron chi connectivity index (χ4n) is 2.79. The average Bonchev–Trinajstić information content (AvgIpc) is 3.18. The molecular weight excluding hydrogens is 288 g/mol. The lowest BCUT2D eigenvalue weighted by Crippen LogP contribution is -2.49. The summed E-state index contributed by atoms with van der Waals surface area (Å²) in [5.41, 5.74) is -0.0519. The number of nitrogens with one attached hydrogen (secondary N) is 1. The van der Waals surface area contributed by atoms with Crippen molar-refractivity contribution < 1.29 is 14.3 Å². The van der Waals surface area contributed by atoms with Gasteiger partial charge in [-0.05, 0) is 31.9 Å². The highest BCUT2D eigenvalue weighted by Crippen LogP contribution is 2.31. The molecule has 0 radical (unpaired) electrons. The van der Waals surface area contributed by atoms with Crippen molar-refractivity contribution in [2.75, 3.05) is 6.61 Å². The Morgan fingerprint density at radius 2 is 2.29 bits per heavy atom. The Hall–Kier alpha value is -1.66. The number of aliphatic hydroxyl groups excluding tert-OH is 1. The lowest BCUT2D eigenvalue weighted by atomic mass is 9.98. The predicted molar refractivity (Wildman–Crippen MR) is 80.3 cm³/mol. The maximum absolute atomic E-state index is 12.5. The van der Waals surface area contributed by atoms with Crippen molar-refractivity contribution in [1.29, 1.82) is 0 Å². The molecule has 3 rings (SSSR count). The molecule has 21 heavy (non-hydrogen) atoms. The van der Waals surface area contributed by atoms with Crippen LogP contribution in [0.25, 0.3) is 10.8 Å². The first-order valence-corrected chi connectivity index (χ1v) is 7.90. The summed E-state index contributed by atoms with van der Waals surface area (Å²) in [7, 11) is 0. The third kappa shape index (κ3) is 2.73. The van der Waals surface area contributed by atoms with Crippen LogP contribution in [0.5, 0.6) is 0 Å². The quantitative estimate of drug-likeness (QED) is 0.910. The summed E-state index contributed by atoms with van der Waals surface area (Å²) in [6.07, 6.45) is 5.31. The van der Waals surface area contributed by atoms with Crippen molar-refractivity contribution in [2.24, 2.45) is 0 Å². The van der Waals surface area contributed by atoms with Crippen molar-refractivity contribution in [3.63, 3.8) is 0 Å². The molecule has 112 valence electrons. The lowest BCUT2D eigenvalue weighted by molar-refractivity contribution is 0.0833. The zero-order valence-electron chi connectivity index (χ0n) is 11.9. The lowest BCUT2D eigenvalue weighted by Gasteiger charge is -2.27. The first-order chi connectivity index (χ1) is 10.1. The van der Waals surface area contributed by atoms with Crippen molar-refractivity contribution >= 4 is 17.2 Å². The maximum Gasteiger partial charge on any atom is 0.271 e. The van der Waals surface area contributed by atoms with E-state index in [2.05, 4.69) is 10.3 Å². The van der Waals surface area contributed by atoms with Crippen LogP contribution in [0.3, 0.4) is 0 Å². The average molecular weight is 306 g/mol. The first kappa shape index (κ1) is 14.3. The normalized spacial score (nSPS) is 17.0. The summed E-state index contributed by atoms with van der Waals surface area (Å²) in [6, 6.07) is 3.62. The predicted octanol–water partition coefficient (Wildman–Crippen LogP) is 2.75. The highest BCUT2D eigenvalue weighted by atomic mass is 32.1. The number of carbonyl (C=O) groups is 1. The molecule has 0 atom stereocenters. The zero-order valence-corrected chi connectivity index (χ0v) is 12.7. The zero-order chi connectivity index (χ0) is 14.9. The minimum Gasteiger partial charge on any atom is -0.462 e. The maximum atomic E-state index is 12.5. The molecule has 2 N–H and O–H groups in total. The van der Waals surface area contributed by atoms with Gasteiger partial charge in [-0.2, -0.15) is 0 Å². The van der Waals surface area contributed by atoms with E-state index in [1.807, 2.05) is 13.0 Å². The van der Waals surface area contributed by atoms with E-state index in [0.29, 0.717) is 16.5 Å². The number of thiazole rings is 1. The number of hydrogen-bond acceptors (Lipinski definition) is 5. The van der Waals surface area contributed by atoms with E-state index in [0.717, 1.165) is 30.6 Å². The molecule has 0 unspecified atom stereocenters. The summed E-state index contributed by atoms with van der Waals surface area (Å²) < 4.78 is 5.32. The van der Waals surface area contributed by atoms with Gasteiger partial charge in [-0.25, -0.2) is 4.98 Å². The molecule has 5 nitrogen and oxygen atoms in total. The second-order valence-corrected chi connectivity index (χ2v) is 6.70. The fourth-order valence-corrected chi connectivity index (χ4v) is 3.67. The van der Waals surface area contributed by atoms with Gasteiger partial charge in [0, 0.05) is 4.88 Å². The Morgan fingerprint density at radius 3 is 2.90 bits per heavy atom. The Balaban J connectivity index is 1.82. The van der Waals surface area contributed by atoms with Gasteiger partial charge >= 0.3 is 0 Å². The summed E-state index contributed by atoms with van der Waals surface area (Å²) in [4.78, 5) is 17.7. The fraction of sp³-hybridized carbons (Fsp3) is 0.467. The van der Waals surface area contributed by atoms with Gasteiger partial charge in [-0.1, -0.05) is 12.8 Å². The molecule has 2 aromatic rings. The van der Waals surface area contributed by atoms with Crippen molar-refractivity contribution in [3.8, 4) is 10.8 Å². The number of furan rings is 1. The molecular formula is C15H18N2O3S. The van der Waals surface area contributed by atoms with Crippen LogP contribution in [0.4, 0.5) is 0 Å². The van der Waals surface area contributed by atoms with Crippen LogP contribution in [0.2, 0.25) is 0 Å². The molecule has 1 fully saturated rings. The van der Waals surface area contributed by atoms with Gasteiger partial charge in [-0.3, -0.25) is 4.79 Å². The smallest absolute Gasteiger partial charge is 0.271 e. The van der Waals surface area contributed by atoms with Crippen LogP contribution in [0.1, 0.15) is 41.0 Å². The second kappa shape index (κ2) is 5.61. The molecule has 2 heterocycles. The Bertz CT molecular complexity index is 627. The van der Waals surface area contributed by atoms with E-state index in [4.69, 9.17) is 4.42 Å². The number of nitrogens with zero attached hydrogens (tertiary/aromatic N) is 1. The molecule has 6 heteroatoms. The standard InChI is InChI=1S/C15H18N2O3S/c1-10-12(16-14(21-10)11-5-4-8-20-11)13(19)17-15(9-18)6-2-3-7-15/h4-5,8,18H,2-3,6-7,9H2,1H3,(H,17,19). The van der Waals surface area contributed by atoms with Crippen LogP contribution < -0.4 is 5.32 Å². The van der Waals surface area contributed by atoms with Gasteiger partial charge in [0.25, 0.3) is 5.91 Å². The highest BCUT2D eigenvalue weighted by Gasteiger charge is 2.35. The molecule has 0 spiro atoms. The van der Waals surface area contributed by atoms with Gasteiger partial charge in [0.15, 0.2) is 10.8 Å². The van der Waals surface area contributed by atoms with Gasteiger partial charge in [0.1, 0.15) is 5.69 Å². The molecule has 1 saturated carbocycles. The van der Waals surface area contributed by atoms with Crippen LogP contribution in [0.15, 0.2) is 22.8 Å². The van der Waals surface area contributed by atoms with E-state index in [1.54, 1.807) is 12.3 Å². The summed E-state index contributed by atoms with van der Waals surface area (Å²) in [5, 5.41) is 13.3. The van der Waals surface area contributed by atoms with E-state index in [1.165, 1.54) is 11.3 Å². The van der Waals surface area contributed by atoms with Crippen LogP contribution >= 0.6 is 11.3 Å². The molecule has 0 aliphatic heterocycles. The first-order valence-electron chi connectivity index (χ1n) is 7.08. The third-order valence-corrected chi connectivity index (χ3v) is 4.97. The molecule has 1 aliphatic carbocycles. The highest BCUT2D eigenvalue weighted by molar-refractivity contribution is 7.15. The van der Waals surface area contributed by atoms with Gasteiger partial charge < -0.3 is 14.8 Å². The van der Waals surface area contributed by atoms with E-state index in [9.17, 15) is 9.90 Å². The van der Waals surface area contributed by atoms with Gasteiger partial charge in [0.05, 0.1) is 18.4 Å². The molecule has 0 saturated heterocycles. The van der Waals surface area contributed by atoms with Crippen LogP contribution in [-0.4, -0.2) is 28.1 Å². The van der Waals surface area contributed by atoms with Gasteiger partial charge in [0.2, 0.25) is 0 Å². The van der Waals surface area contributed by atoms with Crippen molar-refractivity contribution in [1.82, 2.24) is 10.3 Å². The number of aliphatic hydroxyl groups is 1. The SMILES string of the molecule is Cc1sc(-c2ccco2)nc1C(=O)NC1(CO)CCCC1. The summed E-state index contributed by atoms with van der Waals surface area (Å²) in [5.74, 6) is 0.456. The topological polar surface area (TPSA) is 75.4 Å². The summed E-state index contributed by atoms with van der Waals surface area (Å²) in [6.45, 7) is 1.85.